The number of hydrogen-bond acceptors (Lipinski definition) is 5. The molecule has 6 heteroatoms. The van der Waals surface area contributed by atoms with Crippen LogP contribution in [0.15, 0.2) is 85.2 Å². The number of fused-ring (bicyclic) bond motifs is 1. The maximum Gasteiger partial charge on any atom is 0.174 e. The molecule has 2 aliphatic rings. The Bertz CT molecular complexity index is 1350. The number of hydrogen-bond donors (Lipinski definition) is 0. The Hall–Kier alpha value is -3.48. The molecule has 0 bridgehead atoms. The number of rotatable bonds is 6. The van der Waals surface area contributed by atoms with Crippen molar-refractivity contribution < 1.29 is 9.47 Å². The number of benzene rings is 2. The molecule has 4 aromatic rings. The van der Waals surface area contributed by atoms with Gasteiger partial charge < -0.3 is 14.4 Å². The summed E-state index contributed by atoms with van der Waals surface area (Å²) in [4.78, 5) is 7.16. The van der Waals surface area contributed by atoms with Crippen molar-refractivity contribution in [1.82, 2.24) is 14.6 Å². The zero-order valence-electron chi connectivity index (χ0n) is 20.2. The van der Waals surface area contributed by atoms with Gasteiger partial charge in [0.25, 0.3) is 0 Å². The molecule has 1 unspecified atom stereocenters. The standard InChI is InChI=1S/C29H30N4O2/c1-21-34-28(35-21)29(2,19-22-9-5-3-6-10-22)26-13-16-30-27-25(20-31-33(26)27)23-14-17-32(18-15-23)24-11-7-4-8-12-24/h3-14,16,20-21,28H,15,17-19H2,1-2H3. The minimum absolute atomic E-state index is 0.194. The van der Waals surface area contributed by atoms with Gasteiger partial charge >= 0.3 is 0 Å². The second kappa shape index (κ2) is 8.95. The third kappa shape index (κ3) is 4.03. The summed E-state index contributed by atoms with van der Waals surface area (Å²) < 4.78 is 14.1. The van der Waals surface area contributed by atoms with Gasteiger partial charge in [-0.05, 0) is 56.0 Å². The van der Waals surface area contributed by atoms with E-state index in [1.807, 2.05) is 29.9 Å². The van der Waals surface area contributed by atoms with Crippen LogP contribution in [0.2, 0.25) is 0 Å². The summed E-state index contributed by atoms with van der Waals surface area (Å²) in [5.74, 6) is 0. The van der Waals surface area contributed by atoms with E-state index < -0.39 is 5.41 Å². The lowest BCUT2D eigenvalue weighted by molar-refractivity contribution is -0.396. The highest BCUT2D eigenvalue weighted by molar-refractivity contribution is 5.77. The second-order valence-electron chi connectivity index (χ2n) is 9.64. The van der Waals surface area contributed by atoms with Gasteiger partial charge in [0.05, 0.1) is 17.3 Å². The average Bonchev–Trinajstić information content (AvgIpc) is 3.32. The van der Waals surface area contributed by atoms with Crippen LogP contribution < -0.4 is 4.90 Å². The minimum atomic E-state index is -0.427. The summed E-state index contributed by atoms with van der Waals surface area (Å²) in [6, 6.07) is 23.1. The Morgan fingerprint density at radius 3 is 2.43 bits per heavy atom. The van der Waals surface area contributed by atoms with E-state index in [9.17, 15) is 0 Å². The summed E-state index contributed by atoms with van der Waals surface area (Å²) in [6.07, 6.45) is 7.35. The Labute approximate surface area is 205 Å². The average molecular weight is 467 g/mol. The summed E-state index contributed by atoms with van der Waals surface area (Å²) in [7, 11) is 0. The van der Waals surface area contributed by atoms with Crippen molar-refractivity contribution in [2.24, 2.45) is 0 Å². The van der Waals surface area contributed by atoms with E-state index in [1.165, 1.54) is 16.8 Å². The van der Waals surface area contributed by atoms with Crippen molar-refractivity contribution >= 4 is 16.9 Å². The highest BCUT2D eigenvalue weighted by Gasteiger charge is 2.47. The van der Waals surface area contributed by atoms with Crippen LogP contribution in [0.4, 0.5) is 5.69 Å². The van der Waals surface area contributed by atoms with Gasteiger partial charge in [-0.1, -0.05) is 54.6 Å². The smallest absolute Gasteiger partial charge is 0.174 e. The highest BCUT2D eigenvalue weighted by Crippen LogP contribution is 2.40. The van der Waals surface area contributed by atoms with E-state index >= 15 is 0 Å². The van der Waals surface area contributed by atoms with Crippen LogP contribution in [0.1, 0.15) is 37.1 Å². The van der Waals surface area contributed by atoms with E-state index in [0.29, 0.717) is 0 Å². The molecule has 2 aromatic carbocycles. The molecule has 1 saturated heterocycles. The maximum absolute atomic E-state index is 6.06. The molecule has 2 aromatic heterocycles. The van der Waals surface area contributed by atoms with Gasteiger partial charge in [0.1, 0.15) is 0 Å². The highest BCUT2D eigenvalue weighted by atomic mass is 16.9. The molecule has 0 spiro atoms. The van der Waals surface area contributed by atoms with E-state index in [4.69, 9.17) is 19.6 Å². The van der Waals surface area contributed by atoms with Crippen LogP contribution in [0.25, 0.3) is 11.2 Å². The second-order valence-corrected chi connectivity index (χ2v) is 9.64. The Balaban J connectivity index is 1.35. The molecule has 0 saturated carbocycles. The van der Waals surface area contributed by atoms with Crippen molar-refractivity contribution in [1.29, 1.82) is 0 Å². The topological polar surface area (TPSA) is 51.9 Å². The van der Waals surface area contributed by atoms with Crippen molar-refractivity contribution in [3.05, 3.63) is 102 Å². The fourth-order valence-corrected chi connectivity index (χ4v) is 5.31. The van der Waals surface area contributed by atoms with Crippen molar-refractivity contribution in [2.75, 3.05) is 18.0 Å². The van der Waals surface area contributed by atoms with E-state index in [-0.39, 0.29) is 12.6 Å². The molecule has 4 heterocycles. The minimum Gasteiger partial charge on any atom is -0.367 e. The fourth-order valence-electron chi connectivity index (χ4n) is 5.31. The molecule has 0 N–H and O–H groups in total. The summed E-state index contributed by atoms with van der Waals surface area (Å²) in [6.45, 7) is 5.98. The third-order valence-electron chi connectivity index (χ3n) is 7.23. The van der Waals surface area contributed by atoms with Gasteiger partial charge in [-0.15, -0.1) is 0 Å². The molecule has 1 fully saturated rings. The first-order valence-corrected chi connectivity index (χ1v) is 12.3. The molecule has 35 heavy (non-hydrogen) atoms. The number of para-hydroxylation sites is 1. The van der Waals surface area contributed by atoms with Crippen LogP contribution in [-0.4, -0.2) is 40.3 Å². The first kappa shape index (κ1) is 22.0. The third-order valence-corrected chi connectivity index (χ3v) is 7.23. The molecule has 6 rings (SSSR count). The lowest BCUT2D eigenvalue weighted by Gasteiger charge is -2.45. The molecular weight excluding hydrogens is 436 g/mol. The van der Waals surface area contributed by atoms with Crippen molar-refractivity contribution in [3.8, 4) is 0 Å². The molecule has 0 radical (unpaired) electrons. The molecule has 1 atom stereocenters. The van der Waals surface area contributed by atoms with Crippen LogP contribution >= 0.6 is 0 Å². The number of aromatic nitrogens is 3. The number of nitrogens with zero attached hydrogens (tertiary/aromatic N) is 4. The first-order chi connectivity index (χ1) is 17.1. The zero-order valence-corrected chi connectivity index (χ0v) is 20.2. The van der Waals surface area contributed by atoms with Crippen molar-refractivity contribution in [3.63, 3.8) is 0 Å². The van der Waals surface area contributed by atoms with Crippen LogP contribution in [0.3, 0.4) is 0 Å². The lowest BCUT2D eigenvalue weighted by atomic mass is 9.78. The zero-order chi connectivity index (χ0) is 23.8. The monoisotopic (exact) mass is 466 g/mol. The van der Waals surface area contributed by atoms with E-state index in [0.717, 1.165) is 42.8 Å². The van der Waals surface area contributed by atoms with Gasteiger partial charge in [-0.25, -0.2) is 9.50 Å². The molecule has 0 aliphatic carbocycles. The lowest BCUT2D eigenvalue weighted by Crippen LogP contribution is -2.53. The summed E-state index contributed by atoms with van der Waals surface area (Å²) in [5, 5.41) is 4.83. The normalized spacial score (nSPS) is 21.9. The Kier molecular flexibility index (Phi) is 5.63. The predicted molar refractivity (Wildman–Crippen MR) is 137 cm³/mol. The number of ether oxygens (including phenoxy) is 2. The van der Waals surface area contributed by atoms with Gasteiger partial charge in [0, 0.05) is 30.5 Å². The first-order valence-electron chi connectivity index (χ1n) is 12.3. The van der Waals surface area contributed by atoms with Gasteiger partial charge in [0.15, 0.2) is 18.2 Å². The summed E-state index contributed by atoms with van der Waals surface area (Å²) >= 11 is 0. The molecule has 0 amide bonds. The number of anilines is 1. The van der Waals surface area contributed by atoms with E-state index in [2.05, 4.69) is 78.6 Å². The Morgan fingerprint density at radius 2 is 1.74 bits per heavy atom. The molecular formula is C29H30N4O2. The van der Waals surface area contributed by atoms with E-state index in [1.54, 1.807) is 0 Å². The van der Waals surface area contributed by atoms with Crippen molar-refractivity contribution in [2.45, 2.75) is 44.7 Å². The Morgan fingerprint density at radius 1 is 1.00 bits per heavy atom. The molecule has 6 nitrogen and oxygen atoms in total. The predicted octanol–water partition coefficient (Wildman–Crippen LogP) is 5.24. The maximum atomic E-state index is 6.06. The van der Waals surface area contributed by atoms with Gasteiger partial charge in [0.2, 0.25) is 0 Å². The molecule has 2 aliphatic heterocycles. The molecule has 178 valence electrons. The van der Waals surface area contributed by atoms with Gasteiger partial charge in [-0.3, -0.25) is 0 Å². The largest absolute Gasteiger partial charge is 0.367 e. The van der Waals surface area contributed by atoms with Crippen LogP contribution in [0, 0.1) is 0 Å². The quantitative estimate of drug-likeness (QED) is 0.389. The summed E-state index contributed by atoms with van der Waals surface area (Å²) in [5.41, 5.74) is 6.38. The fraction of sp³-hybridized carbons (Fsp3) is 0.310. The van der Waals surface area contributed by atoms with Crippen LogP contribution in [-0.2, 0) is 21.3 Å². The van der Waals surface area contributed by atoms with Gasteiger partial charge in [-0.2, -0.15) is 5.10 Å². The SMILES string of the molecule is CC1OC(C(C)(Cc2ccccc2)c2ccnc3c(C4=CCN(c5ccccc5)CC4)cnn23)O1. The van der Waals surface area contributed by atoms with Crippen LogP contribution in [0.5, 0.6) is 0 Å².